The van der Waals surface area contributed by atoms with Gasteiger partial charge in [-0.1, -0.05) is 35.8 Å². The molecule has 5 heteroatoms. The molecule has 0 saturated carbocycles. The molecule has 0 spiro atoms. The van der Waals surface area contributed by atoms with Crippen molar-refractivity contribution < 1.29 is 13.0 Å². The fourth-order valence-electron chi connectivity index (χ4n) is 5.36. The molecule has 1 saturated heterocycles. The molecule has 1 aromatic heterocycles. The van der Waals surface area contributed by atoms with Crippen molar-refractivity contribution in [3.8, 4) is 0 Å². The molecule has 0 radical (unpaired) electrons. The summed E-state index contributed by atoms with van der Waals surface area (Å²) >= 11 is 0. The molecule has 0 N–H and O–H groups in total. The van der Waals surface area contributed by atoms with Gasteiger partial charge in [0.1, 0.15) is 0 Å². The zero-order chi connectivity index (χ0) is 29.2. The quantitative estimate of drug-likeness (QED) is 0.560. The number of aromatic nitrogens is 1. The van der Waals surface area contributed by atoms with Gasteiger partial charge in [0, 0.05) is 51.4 Å². The first-order valence-electron chi connectivity index (χ1n) is 15.2. The molecule has 0 unspecified atom stereocenters. The highest BCUT2D eigenvalue weighted by Crippen LogP contribution is 2.32. The van der Waals surface area contributed by atoms with Gasteiger partial charge in [0.25, 0.3) is 0 Å². The molecular weight excluding hydrogens is 432 g/mol. The molecule has 3 aliphatic rings. The van der Waals surface area contributed by atoms with Crippen LogP contribution in [0.1, 0.15) is 65.7 Å². The maximum atomic E-state index is 13.4. The van der Waals surface area contributed by atoms with Gasteiger partial charge in [-0.05, 0) is 73.7 Å². The van der Waals surface area contributed by atoms with E-state index in [1.54, 1.807) is 11.1 Å². The normalized spacial score (nSPS) is 22.8. The Balaban J connectivity index is 1.27. The second-order valence-electron chi connectivity index (χ2n) is 9.68. The standard InChI is InChI=1S/C30H32N4O/c1-20-5-7-22(8-6-20)17-33-11-3-4-27(19-33)34-18-26-14-28-25(13-24(26)15-29(34)35)16-32-30(28)23-9-10-31-21(2)12-23/h5-10,12-14,27H,3-4,11,15-19H2,1-2H3/t27-/m1/s1/i5D,6D,7D,8D,17D2. The van der Waals surface area contributed by atoms with Crippen molar-refractivity contribution in [1.29, 1.82) is 0 Å². The number of aryl methyl sites for hydroxylation is 1. The molecule has 4 heterocycles. The van der Waals surface area contributed by atoms with Crippen LogP contribution < -0.4 is 0 Å². The van der Waals surface area contributed by atoms with Crippen molar-refractivity contribution in [3.63, 3.8) is 0 Å². The van der Waals surface area contributed by atoms with E-state index in [2.05, 4.69) is 17.1 Å². The molecule has 2 aromatic carbocycles. The zero-order valence-electron chi connectivity index (χ0n) is 26.1. The van der Waals surface area contributed by atoms with Gasteiger partial charge >= 0.3 is 0 Å². The van der Waals surface area contributed by atoms with Crippen molar-refractivity contribution in [3.05, 3.63) is 99.3 Å². The van der Waals surface area contributed by atoms with E-state index in [0.717, 1.165) is 45.6 Å². The molecule has 0 aliphatic carbocycles. The Hall–Kier alpha value is -3.31. The molecule has 0 bridgehead atoms. The van der Waals surface area contributed by atoms with E-state index in [9.17, 15) is 4.79 Å². The number of pyridine rings is 1. The lowest BCUT2D eigenvalue weighted by molar-refractivity contribution is -0.135. The van der Waals surface area contributed by atoms with E-state index in [0.29, 0.717) is 26.1 Å². The summed E-state index contributed by atoms with van der Waals surface area (Å²) in [6, 6.07) is 6.87. The number of fused-ring (bicyclic) bond motifs is 2. The molecule has 35 heavy (non-hydrogen) atoms. The molecule has 1 amide bonds. The number of hydrogen-bond donors (Lipinski definition) is 0. The lowest BCUT2D eigenvalue weighted by Crippen LogP contribution is -2.51. The van der Waals surface area contributed by atoms with Crippen LogP contribution in [0.5, 0.6) is 0 Å². The predicted molar refractivity (Wildman–Crippen MR) is 138 cm³/mol. The van der Waals surface area contributed by atoms with Crippen LogP contribution in [0.25, 0.3) is 0 Å². The minimum atomic E-state index is -2.22. The number of likely N-dealkylation sites (tertiary alicyclic amines) is 1. The summed E-state index contributed by atoms with van der Waals surface area (Å²) < 4.78 is 51.1. The summed E-state index contributed by atoms with van der Waals surface area (Å²) in [5, 5.41) is 0. The number of carbonyl (C=O) groups excluding carboxylic acids is 1. The molecular formula is C30H32N4O. The third kappa shape index (κ3) is 4.41. The zero-order valence-corrected chi connectivity index (χ0v) is 20.1. The number of piperidine rings is 1. The summed E-state index contributed by atoms with van der Waals surface area (Å²) in [6.07, 6.45) is 3.45. The fourth-order valence-corrected chi connectivity index (χ4v) is 5.36. The van der Waals surface area contributed by atoms with E-state index >= 15 is 0 Å². The number of nitrogens with zero attached hydrogens (tertiary/aromatic N) is 4. The number of aliphatic imine (C=N–C) groups is 1. The Labute approximate surface area is 215 Å². The molecule has 178 valence electrons. The average Bonchev–Trinajstić information content (AvgIpc) is 3.36. The van der Waals surface area contributed by atoms with Crippen molar-refractivity contribution in [2.24, 2.45) is 4.99 Å². The topological polar surface area (TPSA) is 48.8 Å². The van der Waals surface area contributed by atoms with Crippen LogP contribution in [0, 0.1) is 13.8 Å². The van der Waals surface area contributed by atoms with Crippen LogP contribution in [0.2, 0.25) is 0 Å². The highest BCUT2D eigenvalue weighted by Gasteiger charge is 2.33. The van der Waals surface area contributed by atoms with Gasteiger partial charge in [-0.2, -0.15) is 0 Å². The molecule has 5 nitrogen and oxygen atoms in total. The van der Waals surface area contributed by atoms with Gasteiger partial charge in [-0.25, -0.2) is 0 Å². The molecule has 3 aliphatic heterocycles. The Morgan fingerprint density at radius 2 is 1.97 bits per heavy atom. The van der Waals surface area contributed by atoms with Crippen molar-refractivity contribution in [2.45, 2.75) is 58.7 Å². The lowest BCUT2D eigenvalue weighted by Gasteiger charge is -2.41. The van der Waals surface area contributed by atoms with Crippen LogP contribution in [0.15, 0.2) is 59.6 Å². The first-order chi connectivity index (χ1) is 19.5. The summed E-state index contributed by atoms with van der Waals surface area (Å²) in [4.78, 5) is 25.9. The lowest BCUT2D eigenvalue weighted by atomic mass is 9.90. The van der Waals surface area contributed by atoms with Crippen LogP contribution in [-0.4, -0.2) is 45.5 Å². The van der Waals surface area contributed by atoms with Crippen molar-refractivity contribution in [1.82, 2.24) is 14.8 Å². The van der Waals surface area contributed by atoms with Crippen LogP contribution in [0.3, 0.4) is 0 Å². The minimum absolute atomic E-state index is 0.00773. The second-order valence-corrected chi connectivity index (χ2v) is 9.68. The third-order valence-corrected chi connectivity index (χ3v) is 7.12. The number of rotatable bonds is 4. The predicted octanol–water partition coefficient (Wildman–Crippen LogP) is 4.60. The van der Waals surface area contributed by atoms with E-state index in [1.165, 1.54) is 6.92 Å². The maximum absolute atomic E-state index is 13.4. The van der Waals surface area contributed by atoms with Crippen molar-refractivity contribution >= 4 is 11.6 Å². The largest absolute Gasteiger partial charge is 0.334 e. The number of amides is 1. The smallest absolute Gasteiger partial charge is 0.227 e. The highest BCUT2D eigenvalue weighted by atomic mass is 16.2. The van der Waals surface area contributed by atoms with Gasteiger partial charge in [0.2, 0.25) is 5.91 Å². The van der Waals surface area contributed by atoms with Crippen LogP contribution in [0.4, 0.5) is 0 Å². The Bertz CT molecular complexity index is 1590. The van der Waals surface area contributed by atoms with E-state index in [4.69, 9.17) is 13.2 Å². The maximum Gasteiger partial charge on any atom is 0.227 e. The third-order valence-electron chi connectivity index (χ3n) is 7.12. The van der Waals surface area contributed by atoms with Gasteiger partial charge in [-0.15, -0.1) is 0 Å². The van der Waals surface area contributed by atoms with Gasteiger partial charge in [0.05, 0.1) is 24.2 Å². The molecule has 1 atom stereocenters. The van der Waals surface area contributed by atoms with E-state index in [-0.39, 0.29) is 60.2 Å². The summed E-state index contributed by atoms with van der Waals surface area (Å²) in [5.41, 5.74) is 7.12. The Kier molecular flexibility index (Phi) is 4.23. The van der Waals surface area contributed by atoms with E-state index < -0.39 is 6.50 Å². The van der Waals surface area contributed by atoms with E-state index in [1.807, 2.05) is 24.0 Å². The first kappa shape index (κ1) is 16.4. The first-order valence-corrected chi connectivity index (χ1v) is 12.2. The van der Waals surface area contributed by atoms with Crippen molar-refractivity contribution in [2.75, 3.05) is 13.1 Å². The van der Waals surface area contributed by atoms with Gasteiger partial charge in [0.15, 0.2) is 0 Å². The molecule has 3 aromatic rings. The van der Waals surface area contributed by atoms with Crippen LogP contribution in [-0.2, 0) is 30.8 Å². The number of hydrogen-bond acceptors (Lipinski definition) is 4. The summed E-state index contributed by atoms with van der Waals surface area (Å²) in [5.74, 6) is 0.00773. The SMILES string of the molecule is [2H]c1c([2H])c(C([2H])([2H])N2CCC[C@@H](N3Cc4cc5c(cc4CC3=O)CN=C5c3ccnc(C)c3)C2)c([2H])c([2H])c1C. The monoisotopic (exact) mass is 470 g/mol. The molecule has 6 rings (SSSR count). The van der Waals surface area contributed by atoms with Gasteiger partial charge < -0.3 is 4.90 Å². The summed E-state index contributed by atoms with van der Waals surface area (Å²) in [7, 11) is 0. The van der Waals surface area contributed by atoms with Gasteiger partial charge in [-0.3, -0.25) is 19.7 Å². The Morgan fingerprint density at radius 3 is 2.80 bits per heavy atom. The highest BCUT2D eigenvalue weighted by molar-refractivity contribution is 6.15. The van der Waals surface area contributed by atoms with Crippen LogP contribution >= 0.6 is 0 Å². The average molecular weight is 471 g/mol. The number of benzene rings is 2. The summed E-state index contributed by atoms with van der Waals surface area (Å²) in [6.45, 7) is 2.90. The Morgan fingerprint density at radius 1 is 1.11 bits per heavy atom. The minimum Gasteiger partial charge on any atom is -0.334 e. The second kappa shape index (κ2) is 9.04. The molecule has 1 fully saturated rings. The fraction of sp³-hybridized carbons (Fsp3) is 0.367. The number of carbonyl (C=O) groups is 1.